The molecular weight excluding hydrogens is 175 g/mol. The number of benzene rings is 1. The Labute approximate surface area is 73.4 Å². The molecule has 4 nitrogen and oxygen atoms in total. The molecule has 1 aromatic rings. The summed E-state index contributed by atoms with van der Waals surface area (Å²) in [6.07, 6.45) is 0. The third kappa shape index (κ3) is 1.18. The first-order chi connectivity index (χ1) is 6.18. The molecule has 0 radical (unpaired) electrons. The first-order valence-corrected chi connectivity index (χ1v) is 3.73. The van der Waals surface area contributed by atoms with E-state index in [0.29, 0.717) is 5.56 Å². The second-order valence-corrected chi connectivity index (χ2v) is 2.73. The highest BCUT2D eigenvalue weighted by Gasteiger charge is 2.20. The lowest BCUT2D eigenvalue weighted by Gasteiger charge is -2.19. The van der Waals surface area contributed by atoms with Crippen LogP contribution in [0, 0.1) is 5.82 Å². The van der Waals surface area contributed by atoms with Crippen LogP contribution >= 0.6 is 0 Å². The highest BCUT2D eigenvalue weighted by atomic mass is 19.1. The standard InChI is InChI=1S/C8H7FN2O2/c9-5-1-2-6(12)4-3-10-8(13)11-7(4)5/h1-2,12H,3H2,(H2,10,11,13). The zero-order valence-electron chi connectivity index (χ0n) is 6.60. The van der Waals surface area contributed by atoms with E-state index >= 15 is 0 Å². The van der Waals surface area contributed by atoms with Crippen LogP contribution in [0.15, 0.2) is 12.1 Å². The van der Waals surface area contributed by atoms with E-state index in [1.54, 1.807) is 0 Å². The van der Waals surface area contributed by atoms with Crippen LogP contribution in [0.5, 0.6) is 5.75 Å². The fourth-order valence-electron chi connectivity index (χ4n) is 1.25. The highest BCUT2D eigenvalue weighted by molar-refractivity contribution is 5.92. The first-order valence-electron chi connectivity index (χ1n) is 3.73. The number of anilines is 1. The smallest absolute Gasteiger partial charge is 0.319 e. The molecule has 2 rings (SSSR count). The molecule has 0 saturated heterocycles. The van der Waals surface area contributed by atoms with Crippen molar-refractivity contribution >= 4 is 11.7 Å². The van der Waals surface area contributed by atoms with Gasteiger partial charge in [0.15, 0.2) is 0 Å². The van der Waals surface area contributed by atoms with Crippen LogP contribution in [0.25, 0.3) is 0 Å². The van der Waals surface area contributed by atoms with Gasteiger partial charge in [-0.25, -0.2) is 9.18 Å². The van der Waals surface area contributed by atoms with Crippen molar-refractivity contribution in [1.29, 1.82) is 0 Å². The van der Waals surface area contributed by atoms with Gasteiger partial charge in [-0.2, -0.15) is 0 Å². The van der Waals surface area contributed by atoms with Crippen LogP contribution in [-0.2, 0) is 6.54 Å². The van der Waals surface area contributed by atoms with Gasteiger partial charge >= 0.3 is 6.03 Å². The Bertz CT molecular complexity index is 379. The van der Waals surface area contributed by atoms with Gasteiger partial charge in [0.25, 0.3) is 0 Å². The van der Waals surface area contributed by atoms with E-state index in [2.05, 4.69) is 10.6 Å². The summed E-state index contributed by atoms with van der Waals surface area (Å²) >= 11 is 0. The minimum atomic E-state index is -0.539. The summed E-state index contributed by atoms with van der Waals surface area (Å²) in [5.74, 6) is -0.563. The molecule has 13 heavy (non-hydrogen) atoms. The summed E-state index contributed by atoms with van der Waals surface area (Å²) in [5.41, 5.74) is 0.434. The molecule has 0 bridgehead atoms. The SMILES string of the molecule is O=C1NCc2c(O)ccc(F)c2N1. The molecule has 0 saturated carbocycles. The highest BCUT2D eigenvalue weighted by Crippen LogP contribution is 2.29. The van der Waals surface area contributed by atoms with Crippen molar-refractivity contribution in [3.05, 3.63) is 23.5 Å². The van der Waals surface area contributed by atoms with Crippen LogP contribution in [0.3, 0.4) is 0 Å². The maximum absolute atomic E-state index is 13.1. The number of phenolic OH excluding ortho intramolecular Hbond substituents is 1. The predicted molar refractivity (Wildman–Crippen MR) is 43.9 cm³/mol. The number of hydrogen-bond donors (Lipinski definition) is 3. The molecule has 2 amide bonds. The van der Waals surface area contributed by atoms with Crippen molar-refractivity contribution in [2.75, 3.05) is 5.32 Å². The summed E-state index contributed by atoms with van der Waals surface area (Å²) in [5, 5.41) is 14.0. The quantitative estimate of drug-likeness (QED) is 0.564. The van der Waals surface area contributed by atoms with Crippen molar-refractivity contribution in [2.45, 2.75) is 6.54 Å². The van der Waals surface area contributed by atoms with Gasteiger partial charge in [-0.3, -0.25) is 0 Å². The van der Waals surface area contributed by atoms with Gasteiger partial charge in [-0.05, 0) is 12.1 Å². The van der Waals surface area contributed by atoms with E-state index in [1.165, 1.54) is 6.07 Å². The summed E-state index contributed by atoms with van der Waals surface area (Å²) in [6, 6.07) is 1.91. The summed E-state index contributed by atoms with van der Waals surface area (Å²) in [7, 11) is 0. The average Bonchev–Trinajstić information content (AvgIpc) is 2.12. The molecule has 1 heterocycles. The minimum absolute atomic E-state index is 0.0242. The topological polar surface area (TPSA) is 61.4 Å². The molecule has 0 unspecified atom stereocenters. The Kier molecular flexibility index (Phi) is 1.58. The molecule has 0 aromatic heterocycles. The number of rotatable bonds is 0. The van der Waals surface area contributed by atoms with Crippen molar-refractivity contribution in [1.82, 2.24) is 5.32 Å². The van der Waals surface area contributed by atoms with Gasteiger partial charge in [0, 0.05) is 5.56 Å². The Hall–Kier alpha value is -1.78. The third-order valence-electron chi connectivity index (χ3n) is 1.90. The van der Waals surface area contributed by atoms with E-state index < -0.39 is 11.8 Å². The fourth-order valence-corrected chi connectivity index (χ4v) is 1.25. The molecule has 1 aromatic carbocycles. The molecular formula is C8H7FN2O2. The van der Waals surface area contributed by atoms with Crippen molar-refractivity contribution in [3.8, 4) is 5.75 Å². The number of halogens is 1. The van der Waals surface area contributed by atoms with Gasteiger partial charge in [-0.15, -0.1) is 0 Å². The lowest BCUT2D eigenvalue weighted by atomic mass is 10.1. The fraction of sp³-hybridized carbons (Fsp3) is 0.125. The maximum Gasteiger partial charge on any atom is 0.319 e. The molecule has 5 heteroatoms. The zero-order valence-corrected chi connectivity index (χ0v) is 6.60. The van der Waals surface area contributed by atoms with E-state index in [1.807, 2.05) is 0 Å². The van der Waals surface area contributed by atoms with E-state index in [0.717, 1.165) is 6.07 Å². The molecule has 1 aliphatic rings. The zero-order chi connectivity index (χ0) is 9.42. The minimum Gasteiger partial charge on any atom is -0.508 e. The average molecular weight is 182 g/mol. The monoisotopic (exact) mass is 182 g/mol. The van der Waals surface area contributed by atoms with Gasteiger partial charge in [0.2, 0.25) is 0 Å². The van der Waals surface area contributed by atoms with Crippen LogP contribution < -0.4 is 10.6 Å². The van der Waals surface area contributed by atoms with Gasteiger partial charge < -0.3 is 15.7 Å². The number of phenols is 1. The number of amides is 2. The van der Waals surface area contributed by atoms with Crippen molar-refractivity contribution in [3.63, 3.8) is 0 Å². The lowest BCUT2D eigenvalue weighted by Crippen LogP contribution is -2.33. The second-order valence-electron chi connectivity index (χ2n) is 2.73. The maximum atomic E-state index is 13.1. The first kappa shape index (κ1) is 7.85. The number of aromatic hydroxyl groups is 1. The molecule has 68 valence electrons. The Morgan fingerprint density at radius 3 is 3.00 bits per heavy atom. The van der Waals surface area contributed by atoms with Crippen LogP contribution in [-0.4, -0.2) is 11.1 Å². The normalized spacial score (nSPS) is 14.4. The predicted octanol–water partition coefficient (Wildman–Crippen LogP) is 1.17. The van der Waals surface area contributed by atoms with Gasteiger partial charge in [0.1, 0.15) is 11.6 Å². The number of hydrogen-bond acceptors (Lipinski definition) is 2. The number of carbonyl (C=O) groups excluding carboxylic acids is 1. The molecule has 0 atom stereocenters. The van der Waals surface area contributed by atoms with Gasteiger partial charge in [0.05, 0.1) is 12.2 Å². The van der Waals surface area contributed by atoms with Crippen molar-refractivity contribution < 1.29 is 14.3 Å². The number of nitrogens with one attached hydrogen (secondary N) is 2. The summed E-state index contributed by atoms with van der Waals surface area (Å²) in [6.45, 7) is 0.144. The van der Waals surface area contributed by atoms with Gasteiger partial charge in [-0.1, -0.05) is 0 Å². The van der Waals surface area contributed by atoms with Crippen LogP contribution in [0.4, 0.5) is 14.9 Å². The van der Waals surface area contributed by atoms with Crippen LogP contribution in [0.1, 0.15) is 5.56 Å². The third-order valence-corrected chi connectivity index (χ3v) is 1.90. The Morgan fingerprint density at radius 1 is 1.46 bits per heavy atom. The molecule has 3 N–H and O–H groups in total. The molecule has 0 aliphatic carbocycles. The number of urea groups is 1. The van der Waals surface area contributed by atoms with E-state index in [-0.39, 0.29) is 18.0 Å². The Morgan fingerprint density at radius 2 is 2.23 bits per heavy atom. The van der Waals surface area contributed by atoms with E-state index in [4.69, 9.17) is 0 Å². The molecule has 0 spiro atoms. The van der Waals surface area contributed by atoms with Crippen molar-refractivity contribution in [2.24, 2.45) is 0 Å². The summed E-state index contributed by atoms with van der Waals surface area (Å²) < 4.78 is 13.1. The molecule has 1 aliphatic heterocycles. The lowest BCUT2D eigenvalue weighted by molar-refractivity contribution is 0.250. The largest absolute Gasteiger partial charge is 0.508 e. The second kappa shape index (κ2) is 2.62. The van der Waals surface area contributed by atoms with E-state index in [9.17, 15) is 14.3 Å². The summed E-state index contributed by atoms with van der Waals surface area (Å²) in [4.78, 5) is 10.8. The number of fused-ring (bicyclic) bond motifs is 1. The Balaban J connectivity index is 2.57. The number of carbonyl (C=O) groups is 1. The molecule has 0 fully saturated rings. The van der Waals surface area contributed by atoms with Crippen LogP contribution in [0.2, 0.25) is 0 Å².